The van der Waals surface area contributed by atoms with Crippen molar-refractivity contribution in [1.82, 2.24) is 0 Å². The van der Waals surface area contributed by atoms with E-state index in [-0.39, 0.29) is 26.9 Å². The highest BCUT2D eigenvalue weighted by Gasteiger charge is 2.44. The van der Waals surface area contributed by atoms with Gasteiger partial charge in [0.25, 0.3) is 0 Å². The molecule has 0 fully saturated rings. The van der Waals surface area contributed by atoms with Gasteiger partial charge in [-0.1, -0.05) is 284 Å². The fourth-order valence-corrected chi connectivity index (χ4v) is 12.3. The maximum Gasteiger partial charge on any atom is 0.240 e. The molecule has 0 saturated carbocycles. The molecule has 2 heterocycles. The number of aryl methyl sites for hydroxylation is 2. The van der Waals surface area contributed by atoms with Gasteiger partial charge in [0, 0.05) is 0 Å². The van der Waals surface area contributed by atoms with Crippen LogP contribution in [0, 0.1) is 13.8 Å². The molecule has 11 aromatic rings. The molecule has 2 aliphatic heterocycles. The Bertz CT molecular complexity index is 3580. The second-order valence-electron chi connectivity index (χ2n) is 18.3. The van der Waals surface area contributed by atoms with E-state index in [9.17, 15) is 0 Å². The minimum Gasteiger partial charge on any atom is -0.0738 e. The molecule has 0 spiro atoms. The summed E-state index contributed by atoms with van der Waals surface area (Å²) in [6.45, 7) is 4.79. The number of fused-ring (bicyclic) bond motifs is 4. The average molecular weight is 806 g/mol. The van der Waals surface area contributed by atoms with Crippen LogP contribution in [-0.2, 0) is 0 Å². The molecule has 0 radical (unpaired) electrons. The van der Waals surface area contributed by atoms with Crippen molar-refractivity contribution in [2.24, 2.45) is 0 Å². The summed E-state index contributed by atoms with van der Waals surface area (Å²) < 4.78 is 0. The summed E-state index contributed by atoms with van der Waals surface area (Å²) in [5.41, 5.74) is 21.8. The van der Waals surface area contributed by atoms with Gasteiger partial charge in [0.05, 0.1) is 0 Å². The van der Waals surface area contributed by atoms with Crippen molar-refractivity contribution in [3.8, 4) is 11.1 Å². The van der Waals surface area contributed by atoms with Crippen molar-refractivity contribution in [1.29, 1.82) is 0 Å². The van der Waals surface area contributed by atoms with Crippen molar-refractivity contribution < 1.29 is 0 Å². The maximum atomic E-state index is 2.67. The van der Waals surface area contributed by atoms with Gasteiger partial charge in [-0.3, -0.25) is 0 Å². The van der Waals surface area contributed by atoms with E-state index in [1.807, 2.05) is 0 Å². The monoisotopic (exact) mass is 806 g/mol. The number of hydrogen-bond acceptors (Lipinski definition) is 0. The normalized spacial score (nSPS) is 13.0. The second-order valence-corrected chi connectivity index (χ2v) is 18.3. The van der Waals surface area contributed by atoms with Crippen LogP contribution in [0.1, 0.15) is 11.1 Å². The average Bonchev–Trinajstić information content (AvgIpc) is 3.34. The Morgan fingerprint density at radius 3 is 1.12 bits per heavy atom. The Hall–Kier alpha value is -7.28. The molecular formula is C60H42B4. The molecule has 0 bridgehead atoms. The first-order valence-corrected chi connectivity index (χ1v) is 22.9. The van der Waals surface area contributed by atoms with Crippen LogP contribution < -0.4 is 65.6 Å². The molecule has 0 amide bonds. The lowest BCUT2D eigenvalue weighted by molar-refractivity contribution is 1.39. The molecule has 64 heavy (non-hydrogen) atoms. The molecule has 2 aliphatic rings. The fourth-order valence-electron chi connectivity index (χ4n) is 12.3. The summed E-state index contributed by atoms with van der Waals surface area (Å²) in [5, 5.41) is 7.97. The first kappa shape index (κ1) is 37.3. The number of hydrogen-bond donors (Lipinski definition) is 0. The van der Waals surface area contributed by atoms with Gasteiger partial charge in [-0.25, -0.2) is 0 Å². The molecule has 11 aromatic carbocycles. The standard InChI is InChI=1S/C60H42B4/c1-39-17-16-18-40(2)58(39)46-33-29-41-31-35-48-49(36-32-42-30-34-47(46)59(41)60(42)48)64-53-28-15-14-27-52(53)63(45-23-10-5-11-24-45)56-37-54-55(38-57(56)64)62(44-21-8-4-9-22-44)51-26-13-12-25-50(51)61(54)43-19-6-3-7-20-43/h3-38H,1-2H3. The zero-order valence-corrected chi connectivity index (χ0v) is 36.1. The van der Waals surface area contributed by atoms with Gasteiger partial charge in [0.15, 0.2) is 0 Å². The van der Waals surface area contributed by atoms with E-state index in [1.54, 1.807) is 0 Å². The first-order valence-electron chi connectivity index (χ1n) is 22.9. The number of rotatable bonds is 5. The van der Waals surface area contributed by atoms with Crippen molar-refractivity contribution in [3.63, 3.8) is 0 Å². The van der Waals surface area contributed by atoms with E-state index in [0.717, 1.165) is 0 Å². The van der Waals surface area contributed by atoms with E-state index in [2.05, 4.69) is 232 Å². The third-order valence-electron chi connectivity index (χ3n) is 14.9. The van der Waals surface area contributed by atoms with Gasteiger partial charge in [-0.15, -0.1) is 0 Å². The molecule has 0 N–H and O–H groups in total. The molecule has 0 aromatic heterocycles. The summed E-state index contributed by atoms with van der Waals surface area (Å²) in [6.07, 6.45) is 0. The molecular weight excluding hydrogens is 764 g/mol. The van der Waals surface area contributed by atoms with E-state index >= 15 is 0 Å². The van der Waals surface area contributed by atoms with Crippen LogP contribution in [0.3, 0.4) is 0 Å². The summed E-state index contributed by atoms with van der Waals surface area (Å²) in [4.78, 5) is 0. The van der Waals surface area contributed by atoms with Gasteiger partial charge in [-0.2, -0.15) is 0 Å². The SMILES string of the molecule is Cc1cccc(C)c1-c1ccc2ccc3c(B4c5ccccc5B(c5ccccc5)c5cc6c(cc54)B(c4ccccc4)c4ccccc4B6c4ccccc4)ccc4ccc1c2c43. The fraction of sp³-hybridized carbons (Fsp3) is 0.0333. The highest BCUT2D eigenvalue weighted by Crippen LogP contribution is 2.40. The van der Waals surface area contributed by atoms with E-state index in [0.29, 0.717) is 0 Å². The van der Waals surface area contributed by atoms with E-state index < -0.39 is 0 Å². The van der Waals surface area contributed by atoms with Gasteiger partial charge < -0.3 is 0 Å². The van der Waals surface area contributed by atoms with Crippen LogP contribution in [0.25, 0.3) is 43.4 Å². The Morgan fingerprint density at radius 1 is 0.266 bits per heavy atom. The molecule has 0 aliphatic carbocycles. The van der Waals surface area contributed by atoms with Crippen LogP contribution in [-0.4, -0.2) is 26.9 Å². The highest BCUT2D eigenvalue weighted by molar-refractivity contribution is 7.15. The molecule has 0 atom stereocenters. The molecule has 0 unspecified atom stereocenters. The minimum atomic E-state index is 0.0166. The van der Waals surface area contributed by atoms with Gasteiger partial charge in [0.2, 0.25) is 26.9 Å². The summed E-state index contributed by atoms with van der Waals surface area (Å²) in [7, 11) is 0. The van der Waals surface area contributed by atoms with Crippen molar-refractivity contribution in [2.75, 3.05) is 0 Å². The summed E-state index contributed by atoms with van der Waals surface area (Å²) >= 11 is 0. The first-order chi connectivity index (χ1) is 31.6. The van der Waals surface area contributed by atoms with Crippen LogP contribution >= 0.6 is 0 Å². The van der Waals surface area contributed by atoms with Gasteiger partial charge in [0.1, 0.15) is 0 Å². The third kappa shape index (κ3) is 5.55. The van der Waals surface area contributed by atoms with Crippen LogP contribution in [0.5, 0.6) is 0 Å². The minimum absolute atomic E-state index is 0.0166. The predicted molar refractivity (Wildman–Crippen MR) is 282 cm³/mol. The van der Waals surface area contributed by atoms with Crippen LogP contribution in [0.15, 0.2) is 218 Å². The molecule has 13 rings (SSSR count). The summed E-state index contributed by atoms with van der Waals surface area (Å²) in [6, 6.07) is 83.4. The van der Waals surface area contributed by atoms with Crippen molar-refractivity contribution in [3.05, 3.63) is 230 Å². The summed E-state index contributed by atoms with van der Waals surface area (Å²) in [5.74, 6) is 0. The topological polar surface area (TPSA) is 0 Å². The Kier molecular flexibility index (Phi) is 8.54. The lowest BCUT2D eigenvalue weighted by Crippen LogP contribution is -2.80. The Labute approximate surface area is 377 Å². The Morgan fingerprint density at radius 2 is 0.641 bits per heavy atom. The number of benzene rings is 11. The van der Waals surface area contributed by atoms with Crippen molar-refractivity contribution >= 4 is 125 Å². The molecule has 294 valence electrons. The van der Waals surface area contributed by atoms with Gasteiger partial charge in [-0.05, 0) is 68.4 Å². The molecule has 0 saturated heterocycles. The van der Waals surface area contributed by atoms with Crippen LogP contribution in [0.2, 0.25) is 0 Å². The third-order valence-corrected chi connectivity index (χ3v) is 14.9. The Balaban J connectivity index is 1.13. The molecule has 4 heteroatoms. The lowest BCUT2D eigenvalue weighted by atomic mass is 9.17. The zero-order valence-electron chi connectivity index (χ0n) is 36.1. The van der Waals surface area contributed by atoms with Crippen molar-refractivity contribution in [2.45, 2.75) is 13.8 Å². The van der Waals surface area contributed by atoms with Gasteiger partial charge >= 0.3 is 0 Å². The largest absolute Gasteiger partial charge is 0.240 e. The molecule has 0 nitrogen and oxygen atoms in total. The second kappa shape index (κ2) is 14.6. The predicted octanol–water partition coefficient (Wildman–Crippen LogP) is 5.56. The highest BCUT2D eigenvalue weighted by atomic mass is 14.2. The quantitative estimate of drug-likeness (QED) is 0.158. The lowest BCUT2D eigenvalue weighted by Gasteiger charge is -2.38. The van der Waals surface area contributed by atoms with Crippen LogP contribution in [0.4, 0.5) is 0 Å². The zero-order chi connectivity index (χ0) is 42.5. The maximum absolute atomic E-state index is 2.67. The smallest absolute Gasteiger partial charge is 0.0738 e. The van der Waals surface area contributed by atoms with E-state index in [1.165, 1.54) is 120 Å². The van der Waals surface area contributed by atoms with E-state index in [4.69, 9.17) is 0 Å².